The summed E-state index contributed by atoms with van der Waals surface area (Å²) in [5.74, 6) is -0.991. The number of amides is 3. The van der Waals surface area contributed by atoms with Crippen molar-refractivity contribution < 1.29 is 19.5 Å². The van der Waals surface area contributed by atoms with Crippen LogP contribution >= 0.6 is 0 Å². The standard InChI is InChI=1S/C14H25N3O4/c1-4-14(5-2,12(19)20)9-15-13(21)17-7-6-11(8-17)16-10(3)18/h11H,4-9H2,1-3H3,(H,15,21)(H,16,18)(H,19,20). The van der Waals surface area contributed by atoms with E-state index in [0.717, 1.165) is 6.42 Å². The van der Waals surface area contributed by atoms with Crippen molar-refractivity contribution in [1.82, 2.24) is 15.5 Å². The Hall–Kier alpha value is -1.79. The monoisotopic (exact) mass is 299 g/mol. The van der Waals surface area contributed by atoms with Gasteiger partial charge in [-0.2, -0.15) is 0 Å². The van der Waals surface area contributed by atoms with Gasteiger partial charge in [0.2, 0.25) is 5.91 Å². The van der Waals surface area contributed by atoms with Crippen LogP contribution < -0.4 is 10.6 Å². The van der Waals surface area contributed by atoms with Gasteiger partial charge in [0.15, 0.2) is 0 Å². The molecule has 120 valence electrons. The first-order valence-electron chi connectivity index (χ1n) is 7.38. The average Bonchev–Trinajstić information content (AvgIpc) is 2.87. The largest absolute Gasteiger partial charge is 0.481 e. The molecular formula is C14H25N3O4. The van der Waals surface area contributed by atoms with E-state index in [0.29, 0.717) is 25.9 Å². The quantitative estimate of drug-likeness (QED) is 0.675. The molecule has 0 saturated carbocycles. The molecule has 0 radical (unpaired) electrons. The zero-order chi connectivity index (χ0) is 16.0. The third-order valence-corrected chi connectivity index (χ3v) is 4.27. The fourth-order valence-corrected chi connectivity index (χ4v) is 2.58. The molecule has 7 heteroatoms. The minimum absolute atomic E-state index is 0.0187. The summed E-state index contributed by atoms with van der Waals surface area (Å²) in [6.07, 6.45) is 1.65. The van der Waals surface area contributed by atoms with Crippen molar-refractivity contribution >= 4 is 17.9 Å². The van der Waals surface area contributed by atoms with Crippen molar-refractivity contribution in [1.29, 1.82) is 0 Å². The molecule has 1 unspecified atom stereocenters. The third kappa shape index (κ3) is 4.34. The summed E-state index contributed by atoms with van der Waals surface area (Å²) < 4.78 is 0. The maximum absolute atomic E-state index is 12.1. The van der Waals surface area contributed by atoms with Gasteiger partial charge >= 0.3 is 12.0 Å². The smallest absolute Gasteiger partial charge is 0.317 e. The minimum atomic E-state index is -0.910. The second-order valence-corrected chi connectivity index (χ2v) is 5.58. The number of urea groups is 1. The van der Waals surface area contributed by atoms with E-state index in [1.807, 2.05) is 13.8 Å². The van der Waals surface area contributed by atoms with Crippen molar-refractivity contribution in [3.63, 3.8) is 0 Å². The molecule has 1 heterocycles. The number of hydrogen-bond donors (Lipinski definition) is 3. The van der Waals surface area contributed by atoms with Crippen molar-refractivity contribution in [2.24, 2.45) is 5.41 Å². The summed E-state index contributed by atoms with van der Waals surface area (Å²) >= 11 is 0. The number of nitrogens with one attached hydrogen (secondary N) is 2. The number of carbonyl (C=O) groups excluding carboxylic acids is 2. The van der Waals surface area contributed by atoms with Gasteiger partial charge in [0, 0.05) is 32.6 Å². The molecule has 0 aliphatic carbocycles. The summed E-state index contributed by atoms with van der Waals surface area (Å²) in [7, 11) is 0. The van der Waals surface area contributed by atoms with E-state index in [4.69, 9.17) is 0 Å². The molecular weight excluding hydrogens is 274 g/mol. The molecule has 0 spiro atoms. The van der Waals surface area contributed by atoms with Crippen LogP contribution in [0.4, 0.5) is 4.79 Å². The lowest BCUT2D eigenvalue weighted by Gasteiger charge is -2.28. The van der Waals surface area contributed by atoms with Gasteiger partial charge < -0.3 is 20.6 Å². The van der Waals surface area contributed by atoms with Crippen LogP contribution in [0, 0.1) is 5.41 Å². The molecule has 7 nitrogen and oxygen atoms in total. The van der Waals surface area contributed by atoms with E-state index >= 15 is 0 Å². The van der Waals surface area contributed by atoms with E-state index in [-0.39, 0.29) is 24.5 Å². The molecule has 1 atom stereocenters. The predicted molar refractivity (Wildman–Crippen MR) is 77.8 cm³/mol. The van der Waals surface area contributed by atoms with Crippen LogP contribution in [0.1, 0.15) is 40.0 Å². The number of hydrogen-bond acceptors (Lipinski definition) is 3. The summed E-state index contributed by atoms with van der Waals surface area (Å²) in [5, 5.41) is 14.8. The van der Waals surface area contributed by atoms with Crippen molar-refractivity contribution in [3.05, 3.63) is 0 Å². The lowest BCUT2D eigenvalue weighted by atomic mass is 9.82. The molecule has 0 aromatic heterocycles. The first kappa shape index (κ1) is 17.3. The molecule has 1 aliphatic rings. The Labute approximate surface area is 125 Å². The van der Waals surface area contributed by atoms with Crippen molar-refractivity contribution in [2.45, 2.75) is 46.1 Å². The van der Waals surface area contributed by atoms with Crippen molar-refractivity contribution in [3.8, 4) is 0 Å². The Morgan fingerprint density at radius 2 is 1.90 bits per heavy atom. The van der Waals surface area contributed by atoms with E-state index in [1.54, 1.807) is 4.90 Å². The van der Waals surface area contributed by atoms with Gasteiger partial charge in [0.1, 0.15) is 0 Å². The number of carboxylic acids is 1. The first-order chi connectivity index (χ1) is 9.84. The molecule has 21 heavy (non-hydrogen) atoms. The van der Waals surface area contributed by atoms with Crippen molar-refractivity contribution in [2.75, 3.05) is 19.6 Å². The summed E-state index contributed by atoms with van der Waals surface area (Å²) in [4.78, 5) is 36.1. The van der Waals surface area contributed by atoms with Gasteiger partial charge in [-0.25, -0.2) is 4.79 Å². The van der Waals surface area contributed by atoms with Gasteiger partial charge in [0.05, 0.1) is 5.41 Å². The van der Waals surface area contributed by atoms with Gasteiger partial charge in [-0.05, 0) is 19.3 Å². The number of nitrogens with zero attached hydrogens (tertiary/aromatic N) is 1. The summed E-state index contributed by atoms with van der Waals surface area (Å²) in [6, 6.07) is -0.287. The van der Waals surface area contributed by atoms with Crippen LogP contribution in [-0.4, -0.2) is 53.6 Å². The minimum Gasteiger partial charge on any atom is -0.481 e. The highest BCUT2D eigenvalue weighted by Gasteiger charge is 2.36. The summed E-state index contributed by atoms with van der Waals surface area (Å²) in [6.45, 7) is 6.22. The number of aliphatic carboxylic acids is 1. The molecule has 1 fully saturated rings. The normalized spacial score (nSPS) is 18.4. The fourth-order valence-electron chi connectivity index (χ4n) is 2.58. The Morgan fingerprint density at radius 1 is 1.29 bits per heavy atom. The van der Waals surface area contributed by atoms with Crippen LogP contribution in [-0.2, 0) is 9.59 Å². The highest BCUT2D eigenvalue weighted by molar-refractivity contribution is 5.78. The van der Waals surface area contributed by atoms with Gasteiger partial charge in [-0.15, -0.1) is 0 Å². The van der Waals surface area contributed by atoms with Gasteiger partial charge in [-0.1, -0.05) is 13.8 Å². The molecule has 0 aromatic rings. The number of likely N-dealkylation sites (tertiary alicyclic amines) is 1. The molecule has 1 aliphatic heterocycles. The topological polar surface area (TPSA) is 98.7 Å². The number of carboxylic acid groups (broad SMARTS) is 1. The van der Waals surface area contributed by atoms with E-state index < -0.39 is 11.4 Å². The number of rotatable bonds is 6. The lowest BCUT2D eigenvalue weighted by Crippen LogP contribution is -2.47. The Bertz CT molecular complexity index is 407. The van der Waals surface area contributed by atoms with Gasteiger partial charge in [-0.3, -0.25) is 9.59 Å². The highest BCUT2D eigenvalue weighted by Crippen LogP contribution is 2.25. The fraction of sp³-hybridized carbons (Fsp3) is 0.786. The molecule has 0 bridgehead atoms. The van der Waals surface area contributed by atoms with Crippen LogP contribution in [0.2, 0.25) is 0 Å². The molecule has 3 N–H and O–H groups in total. The second kappa shape index (κ2) is 7.28. The maximum Gasteiger partial charge on any atom is 0.317 e. The zero-order valence-electron chi connectivity index (χ0n) is 12.9. The molecule has 0 aromatic carbocycles. The molecule has 1 rings (SSSR count). The Morgan fingerprint density at radius 3 is 2.38 bits per heavy atom. The Balaban J connectivity index is 2.51. The lowest BCUT2D eigenvalue weighted by molar-refractivity contribution is -0.149. The summed E-state index contributed by atoms with van der Waals surface area (Å²) in [5.41, 5.74) is -0.910. The average molecular weight is 299 g/mol. The zero-order valence-corrected chi connectivity index (χ0v) is 12.9. The van der Waals surface area contributed by atoms with E-state index in [1.165, 1.54) is 6.92 Å². The van der Waals surface area contributed by atoms with Gasteiger partial charge in [0.25, 0.3) is 0 Å². The predicted octanol–water partition coefficient (Wildman–Crippen LogP) is 0.797. The SMILES string of the molecule is CCC(CC)(CNC(=O)N1CCC(NC(C)=O)C1)C(=O)O. The molecule has 1 saturated heterocycles. The van der Waals surface area contributed by atoms with Crippen LogP contribution in [0.3, 0.4) is 0 Å². The maximum atomic E-state index is 12.1. The second-order valence-electron chi connectivity index (χ2n) is 5.58. The van der Waals surface area contributed by atoms with Crippen LogP contribution in [0.25, 0.3) is 0 Å². The van der Waals surface area contributed by atoms with E-state index in [2.05, 4.69) is 10.6 Å². The van der Waals surface area contributed by atoms with Crippen LogP contribution in [0.5, 0.6) is 0 Å². The molecule has 3 amide bonds. The third-order valence-electron chi connectivity index (χ3n) is 4.27. The first-order valence-corrected chi connectivity index (χ1v) is 7.38. The highest BCUT2D eigenvalue weighted by atomic mass is 16.4. The van der Waals surface area contributed by atoms with E-state index in [9.17, 15) is 19.5 Å². The Kier molecular flexibility index (Phi) is 5.99. The number of carbonyl (C=O) groups is 3. The van der Waals surface area contributed by atoms with Crippen LogP contribution in [0.15, 0.2) is 0 Å².